The van der Waals surface area contributed by atoms with Gasteiger partial charge in [-0.2, -0.15) is 0 Å². The quantitative estimate of drug-likeness (QED) is 0.603. The molecule has 1 aromatic carbocycles. The number of benzene rings is 1. The summed E-state index contributed by atoms with van der Waals surface area (Å²) in [7, 11) is 0. The van der Waals surface area contributed by atoms with E-state index < -0.39 is 11.8 Å². The average molecular weight is 257 g/mol. The predicted octanol–water partition coefficient (Wildman–Crippen LogP) is 2.44. The monoisotopic (exact) mass is 256 g/mol. The molecular weight excluding hydrogens is 248 g/mol. The fourth-order valence-corrected chi connectivity index (χ4v) is 2.02. The van der Waals surface area contributed by atoms with Gasteiger partial charge in [0.05, 0.1) is 5.33 Å². The molecule has 1 aliphatic rings. The molecule has 0 N–H and O–H groups in total. The van der Waals surface area contributed by atoms with Crippen LogP contribution < -0.4 is 0 Å². The lowest BCUT2D eigenvalue weighted by molar-refractivity contribution is 0.0737. The van der Waals surface area contributed by atoms with E-state index >= 15 is 0 Å². The van der Waals surface area contributed by atoms with Gasteiger partial charge < -0.3 is 9.47 Å². The van der Waals surface area contributed by atoms with Gasteiger partial charge in [0.25, 0.3) is 0 Å². The van der Waals surface area contributed by atoms with Crippen LogP contribution in [0, 0.1) is 0 Å². The summed E-state index contributed by atoms with van der Waals surface area (Å²) in [5.41, 5.74) is 0.293. The smallest absolute Gasteiger partial charge is 0.430 e. The molecule has 0 radical (unpaired) electrons. The van der Waals surface area contributed by atoms with Crippen LogP contribution in [-0.4, -0.2) is 18.1 Å². The highest BCUT2D eigenvalue weighted by Crippen LogP contribution is 2.33. The molecule has 1 heterocycles. The van der Waals surface area contributed by atoms with E-state index in [2.05, 4.69) is 15.9 Å². The summed E-state index contributed by atoms with van der Waals surface area (Å²) >= 11 is 3.34. The van der Waals surface area contributed by atoms with Crippen LogP contribution in [0.5, 0.6) is 0 Å². The number of halogens is 1. The van der Waals surface area contributed by atoms with Crippen LogP contribution in [0.1, 0.15) is 5.56 Å². The summed E-state index contributed by atoms with van der Waals surface area (Å²) in [4.78, 5) is 10.9. The number of carbonyl (C=O) groups is 1. The Morgan fingerprint density at radius 3 is 2.57 bits per heavy atom. The molecule has 1 unspecified atom stereocenters. The van der Waals surface area contributed by atoms with E-state index in [4.69, 9.17) is 9.47 Å². The van der Waals surface area contributed by atoms with Crippen LogP contribution in [0.25, 0.3) is 0 Å². The van der Waals surface area contributed by atoms with E-state index in [1.54, 1.807) is 0 Å². The number of cyclic esters (lactones) is 2. The van der Waals surface area contributed by atoms with Crippen LogP contribution in [-0.2, 0) is 15.1 Å². The molecule has 1 aliphatic heterocycles. The van der Waals surface area contributed by atoms with Gasteiger partial charge in [0, 0.05) is 0 Å². The van der Waals surface area contributed by atoms with Crippen LogP contribution in [0.4, 0.5) is 4.79 Å². The van der Waals surface area contributed by atoms with Crippen molar-refractivity contribution in [3.8, 4) is 0 Å². The van der Waals surface area contributed by atoms with E-state index in [-0.39, 0.29) is 6.61 Å². The molecule has 4 heteroatoms. The zero-order valence-electron chi connectivity index (χ0n) is 7.40. The zero-order chi connectivity index (χ0) is 10.0. The summed E-state index contributed by atoms with van der Waals surface area (Å²) in [6.45, 7) is 0.265. The Morgan fingerprint density at radius 2 is 2.07 bits per heavy atom. The lowest BCUT2D eigenvalue weighted by Gasteiger charge is -2.22. The van der Waals surface area contributed by atoms with Crippen molar-refractivity contribution < 1.29 is 14.3 Å². The van der Waals surface area contributed by atoms with Gasteiger partial charge >= 0.3 is 6.16 Å². The van der Waals surface area contributed by atoms with Gasteiger partial charge in [-0.1, -0.05) is 46.3 Å². The lowest BCUT2D eigenvalue weighted by atomic mass is 9.97. The normalized spacial score (nSPS) is 25.6. The van der Waals surface area contributed by atoms with Crippen molar-refractivity contribution in [2.24, 2.45) is 0 Å². The fourth-order valence-electron chi connectivity index (χ4n) is 1.42. The van der Waals surface area contributed by atoms with Crippen molar-refractivity contribution >= 4 is 22.1 Å². The van der Waals surface area contributed by atoms with Gasteiger partial charge in [0.15, 0.2) is 5.60 Å². The topological polar surface area (TPSA) is 35.5 Å². The van der Waals surface area contributed by atoms with Gasteiger partial charge in [-0.15, -0.1) is 0 Å². The van der Waals surface area contributed by atoms with Gasteiger partial charge in [-0.25, -0.2) is 4.79 Å². The highest BCUT2D eigenvalue weighted by molar-refractivity contribution is 9.09. The minimum absolute atomic E-state index is 0.265. The van der Waals surface area contributed by atoms with E-state index in [1.807, 2.05) is 30.3 Å². The molecule has 0 aliphatic carbocycles. The Labute approximate surface area is 90.1 Å². The first-order chi connectivity index (χ1) is 6.77. The zero-order valence-corrected chi connectivity index (χ0v) is 8.99. The Morgan fingerprint density at radius 1 is 1.36 bits per heavy atom. The first-order valence-electron chi connectivity index (χ1n) is 4.24. The molecule has 1 fully saturated rings. The summed E-state index contributed by atoms with van der Waals surface area (Å²) in [5.74, 6) is 0. The summed E-state index contributed by atoms with van der Waals surface area (Å²) in [6, 6.07) is 9.58. The first-order valence-corrected chi connectivity index (χ1v) is 5.36. The average Bonchev–Trinajstić information content (AvgIpc) is 2.63. The molecule has 0 amide bonds. The molecule has 14 heavy (non-hydrogen) atoms. The van der Waals surface area contributed by atoms with Crippen molar-refractivity contribution in [3.05, 3.63) is 35.9 Å². The van der Waals surface area contributed by atoms with Crippen LogP contribution in [0.3, 0.4) is 0 Å². The number of hydrogen-bond donors (Lipinski definition) is 0. The van der Waals surface area contributed by atoms with Crippen LogP contribution >= 0.6 is 15.9 Å². The Bertz CT molecular complexity index is 338. The van der Waals surface area contributed by atoms with Crippen molar-refractivity contribution in [1.29, 1.82) is 0 Å². The number of rotatable bonds is 2. The molecule has 0 aromatic heterocycles. The third kappa shape index (κ3) is 1.50. The van der Waals surface area contributed by atoms with E-state index in [9.17, 15) is 4.79 Å². The van der Waals surface area contributed by atoms with Crippen molar-refractivity contribution in [2.45, 2.75) is 5.60 Å². The number of carbonyl (C=O) groups excluding carboxylic acids is 1. The second-order valence-corrected chi connectivity index (χ2v) is 3.70. The van der Waals surface area contributed by atoms with E-state index in [1.165, 1.54) is 0 Å². The Kier molecular flexibility index (Phi) is 2.46. The summed E-state index contributed by atoms with van der Waals surface area (Å²) in [6.07, 6.45) is -0.603. The third-order valence-electron chi connectivity index (χ3n) is 2.22. The SMILES string of the molecule is O=C1OCC(CBr)(c2ccccc2)O1. The molecule has 0 bridgehead atoms. The van der Waals surface area contributed by atoms with E-state index in [0.29, 0.717) is 5.33 Å². The van der Waals surface area contributed by atoms with Crippen molar-refractivity contribution in [3.63, 3.8) is 0 Å². The minimum Gasteiger partial charge on any atom is -0.430 e. The number of ether oxygens (including phenoxy) is 2. The largest absolute Gasteiger partial charge is 0.509 e. The lowest BCUT2D eigenvalue weighted by Crippen LogP contribution is -2.30. The predicted molar refractivity (Wildman–Crippen MR) is 54.3 cm³/mol. The highest BCUT2D eigenvalue weighted by atomic mass is 79.9. The Hall–Kier alpha value is -1.03. The molecular formula is C10H9BrO3. The van der Waals surface area contributed by atoms with Crippen LogP contribution in [0.2, 0.25) is 0 Å². The minimum atomic E-state index is -0.654. The van der Waals surface area contributed by atoms with Gasteiger partial charge in [-0.3, -0.25) is 0 Å². The maximum absolute atomic E-state index is 10.9. The Balaban J connectivity index is 2.34. The molecule has 74 valence electrons. The van der Waals surface area contributed by atoms with Gasteiger partial charge in [0.2, 0.25) is 0 Å². The molecule has 1 aromatic rings. The molecule has 0 spiro atoms. The van der Waals surface area contributed by atoms with Crippen molar-refractivity contribution in [1.82, 2.24) is 0 Å². The summed E-state index contributed by atoms with van der Waals surface area (Å²) < 4.78 is 10.00. The first kappa shape index (κ1) is 9.52. The second kappa shape index (κ2) is 3.61. The maximum atomic E-state index is 10.9. The third-order valence-corrected chi connectivity index (χ3v) is 3.12. The number of alkyl halides is 1. The fraction of sp³-hybridized carbons (Fsp3) is 0.300. The molecule has 3 nitrogen and oxygen atoms in total. The van der Waals surface area contributed by atoms with Crippen molar-refractivity contribution in [2.75, 3.05) is 11.9 Å². The molecule has 1 atom stereocenters. The van der Waals surface area contributed by atoms with Crippen LogP contribution in [0.15, 0.2) is 30.3 Å². The van der Waals surface area contributed by atoms with Gasteiger partial charge in [0.1, 0.15) is 6.61 Å². The van der Waals surface area contributed by atoms with Gasteiger partial charge in [-0.05, 0) is 5.56 Å². The second-order valence-electron chi connectivity index (χ2n) is 3.13. The highest BCUT2D eigenvalue weighted by Gasteiger charge is 2.43. The van der Waals surface area contributed by atoms with E-state index in [0.717, 1.165) is 5.56 Å². The number of hydrogen-bond acceptors (Lipinski definition) is 3. The molecule has 1 saturated heterocycles. The molecule has 0 saturated carbocycles. The maximum Gasteiger partial charge on any atom is 0.509 e. The molecule has 2 rings (SSSR count). The standard InChI is InChI=1S/C10H9BrO3/c11-6-10(7-13-9(12)14-10)8-4-2-1-3-5-8/h1-5H,6-7H2. The summed E-state index contributed by atoms with van der Waals surface area (Å²) in [5, 5.41) is 0.537.